The van der Waals surface area contributed by atoms with Gasteiger partial charge in [0, 0.05) is 6.42 Å². The third-order valence-corrected chi connectivity index (χ3v) is 3.43. The standard InChI is InChI=1S/C15H18O5/c16-12-8-4-7-11(9-13(17)14(12)18)20-15(19)10-5-2-1-3-6-10/h1-3,5-6,11-12,14,16,18H,4,7-9H2. The maximum absolute atomic E-state index is 11.9. The van der Waals surface area contributed by atoms with Crippen molar-refractivity contribution in [2.24, 2.45) is 0 Å². The highest BCUT2D eigenvalue weighted by Gasteiger charge is 2.30. The second-order valence-corrected chi connectivity index (χ2v) is 5.01. The summed E-state index contributed by atoms with van der Waals surface area (Å²) >= 11 is 0. The van der Waals surface area contributed by atoms with Crippen molar-refractivity contribution in [3.63, 3.8) is 0 Å². The highest BCUT2D eigenvalue weighted by atomic mass is 16.5. The minimum Gasteiger partial charge on any atom is -0.458 e. The highest BCUT2D eigenvalue weighted by Crippen LogP contribution is 2.19. The summed E-state index contributed by atoms with van der Waals surface area (Å²) in [5, 5.41) is 19.1. The molecule has 2 N–H and O–H groups in total. The van der Waals surface area contributed by atoms with Crippen LogP contribution < -0.4 is 0 Å². The molecule has 0 radical (unpaired) electrons. The zero-order valence-electron chi connectivity index (χ0n) is 11.1. The molecule has 2 rings (SSSR count). The summed E-state index contributed by atoms with van der Waals surface area (Å²) in [7, 11) is 0. The molecule has 0 heterocycles. The number of carbonyl (C=O) groups excluding carboxylic acids is 2. The fourth-order valence-electron chi connectivity index (χ4n) is 2.27. The zero-order valence-corrected chi connectivity index (χ0v) is 11.1. The summed E-state index contributed by atoms with van der Waals surface area (Å²) in [6, 6.07) is 8.56. The third kappa shape index (κ3) is 3.65. The van der Waals surface area contributed by atoms with Gasteiger partial charge in [0.2, 0.25) is 0 Å². The quantitative estimate of drug-likeness (QED) is 0.791. The number of carbonyl (C=O) groups is 2. The summed E-state index contributed by atoms with van der Waals surface area (Å²) in [5.41, 5.74) is 0.433. The van der Waals surface area contributed by atoms with E-state index in [1.807, 2.05) is 0 Å². The minimum atomic E-state index is -1.38. The van der Waals surface area contributed by atoms with Gasteiger partial charge in [0.1, 0.15) is 12.2 Å². The fraction of sp³-hybridized carbons (Fsp3) is 0.467. The van der Waals surface area contributed by atoms with E-state index < -0.39 is 30.1 Å². The monoisotopic (exact) mass is 278 g/mol. The molecule has 1 aromatic carbocycles. The normalized spacial score (nSPS) is 27.5. The average molecular weight is 278 g/mol. The molecule has 1 aliphatic rings. The van der Waals surface area contributed by atoms with Crippen LogP contribution in [0.2, 0.25) is 0 Å². The number of Topliss-reactive ketones (excluding diaryl/α,β-unsaturated/α-hetero) is 1. The van der Waals surface area contributed by atoms with Crippen molar-refractivity contribution in [3.8, 4) is 0 Å². The first kappa shape index (κ1) is 14.7. The Kier molecular flexibility index (Phi) is 4.87. The highest BCUT2D eigenvalue weighted by molar-refractivity contribution is 5.90. The van der Waals surface area contributed by atoms with E-state index >= 15 is 0 Å². The van der Waals surface area contributed by atoms with Gasteiger partial charge in [-0.05, 0) is 31.4 Å². The molecule has 0 spiro atoms. The van der Waals surface area contributed by atoms with Crippen LogP contribution in [0.25, 0.3) is 0 Å². The van der Waals surface area contributed by atoms with E-state index in [2.05, 4.69) is 0 Å². The molecule has 3 atom stereocenters. The molecular weight excluding hydrogens is 260 g/mol. The third-order valence-electron chi connectivity index (χ3n) is 3.43. The van der Waals surface area contributed by atoms with Gasteiger partial charge >= 0.3 is 5.97 Å². The number of ketones is 1. The molecule has 5 nitrogen and oxygen atoms in total. The van der Waals surface area contributed by atoms with E-state index in [-0.39, 0.29) is 6.42 Å². The number of hydrogen-bond acceptors (Lipinski definition) is 5. The largest absolute Gasteiger partial charge is 0.458 e. The molecule has 0 bridgehead atoms. The van der Waals surface area contributed by atoms with Crippen LogP contribution in [0.15, 0.2) is 30.3 Å². The molecule has 1 aliphatic carbocycles. The lowest BCUT2D eigenvalue weighted by atomic mass is 9.93. The van der Waals surface area contributed by atoms with Crippen molar-refractivity contribution in [2.45, 2.75) is 44.0 Å². The summed E-state index contributed by atoms with van der Waals surface area (Å²) in [4.78, 5) is 23.6. The maximum Gasteiger partial charge on any atom is 0.338 e. The number of aliphatic hydroxyl groups excluding tert-OH is 2. The number of rotatable bonds is 2. The van der Waals surface area contributed by atoms with Crippen LogP contribution in [-0.2, 0) is 9.53 Å². The van der Waals surface area contributed by atoms with Crippen molar-refractivity contribution in [1.29, 1.82) is 0 Å². The van der Waals surface area contributed by atoms with Crippen LogP contribution in [0.3, 0.4) is 0 Å². The van der Waals surface area contributed by atoms with Gasteiger partial charge < -0.3 is 14.9 Å². The van der Waals surface area contributed by atoms with Gasteiger partial charge in [0.15, 0.2) is 5.78 Å². The van der Waals surface area contributed by atoms with Crippen LogP contribution in [0.1, 0.15) is 36.0 Å². The van der Waals surface area contributed by atoms with Crippen molar-refractivity contribution in [2.75, 3.05) is 0 Å². The number of benzene rings is 1. The molecule has 0 aliphatic heterocycles. The van der Waals surface area contributed by atoms with Crippen molar-refractivity contribution < 1.29 is 24.5 Å². The molecule has 1 aromatic rings. The second kappa shape index (κ2) is 6.63. The first-order valence-corrected chi connectivity index (χ1v) is 6.73. The molecule has 20 heavy (non-hydrogen) atoms. The fourth-order valence-corrected chi connectivity index (χ4v) is 2.27. The predicted molar refractivity (Wildman–Crippen MR) is 71.1 cm³/mol. The van der Waals surface area contributed by atoms with Gasteiger partial charge in [0.25, 0.3) is 0 Å². The Morgan fingerprint density at radius 2 is 1.85 bits per heavy atom. The van der Waals surface area contributed by atoms with Crippen LogP contribution in [0.4, 0.5) is 0 Å². The predicted octanol–water partition coefficient (Wildman–Crippen LogP) is 1.08. The lowest BCUT2D eigenvalue weighted by Gasteiger charge is -2.24. The van der Waals surface area contributed by atoms with Crippen LogP contribution in [0.5, 0.6) is 0 Å². The Morgan fingerprint density at radius 3 is 2.55 bits per heavy atom. The van der Waals surface area contributed by atoms with Gasteiger partial charge in [-0.15, -0.1) is 0 Å². The number of esters is 1. The van der Waals surface area contributed by atoms with E-state index in [1.54, 1.807) is 30.3 Å². The molecule has 3 unspecified atom stereocenters. The van der Waals surface area contributed by atoms with Gasteiger partial charge in [0.05, 0.1) is 11.7 Å². The molecule has 0 aromatic heterocycles. The Labute approximate surface area is 117 Å². The van der Waals surface area contributed by atoms with Gasteiger partial charge in [-0.2, -0.15) is 0 Å². The lowest BCUT2D eigenvalue weighted by Crippen LogP contribution is -2.38. The van der Waals surface area contributed by atoms with Crippen LogP contribution in [0, 0.1) is 0 Å². The number of hydrogen-bond donors (Lipinski definition) is 2. The molecule has 0 amide bonds. The Balaban J connectivity index is 1.98. The summed E-state index contributed by atoms with van der Waals surface area (Å²) in [5.74, 6) is -0.956. The molecule has 1 fully saturated rings. The summed E-state index contributed by atoms with van der Waals surface area (Å²) in [6.07, 6.45) is -1.58. The summed E-state index contributed by atoms with van der Waals surface area (Å²) in [6.45, 7) is 0. The Hall–Kier alpha value is -1.72. The maximum atomic E-state index is 11.9. The van der Waals surface area contributed by atoms with E-state index in [0.717, 1.165) is 0 Å². The first-order chi connectivity index (χ1) is 9.58. The van der Waals surface area contributed by atoms with Crippen molar-refractivity contribution in [1.82, 2.24) is 0 Å². The molecule has 5 heteroatoms. The van der Waals surface area contributed by atoms with E-state index in [1.165, 1.54) is 0 Å². The van der Waals surface area contributed by atoms with Gasteiger partial charge in [-0.1, -0.05) is 18.2 Å². The molecular formula is C15H18O5. The van der Waals surface area contributed by atoms with E-state index in [0.29, 0.717) is 24.8 Å². The minimum absolute atomic E-state index is 0.0587. The molecule has 0 saturated heterocycles. The van der Waals surface area contributed by atoms with E-state index in [4.69, 9.17) is 4.74 Å². The number of aliphatic hydroxyl groups is 2. The zero-order chi connectivity index (χ0) is 14.5. The lowest BCUT2D eigenvalue weighted by molar-refractivity contribution is -0.136. The Bertz CT molecular complexity index is 470. The van der Waals surface area contributed by atoms with Crippen LogP contribution in [-0.4, -0.2) is 40.3 Å². The second-order valence-electron chi connectivity index (χ2n) is 5.01. The first-order valence-electron chi connectivity index (χ1n) is 6.73. The number of ether oxygens (including phenoxy) is 1. The summed E-state index contributed by atoms with van der Waals surface area (Å²) < 4.78 is 5.31. The van der Waals surface area contributed by atoms with Crippen molar-refractivity contribution >= 4 is 11.8 Å². The molecule has 1 saturated carbocycles. The average Bonchev–Trinajstić information content (AvgIpc) is 2.46. The smallest absolute Gasteiger partial charge is 0.338 e. The van der Waals surface area contributed by atoms with E-state index in [9.17, 15) is 19.8 Å². The van der Waals surface area contributed by atoms with Crippen LogP contribution >= 0.6 is 0 Å². The van der Waals surface area contributed by atoms with Gasteiger partial charge in [-0.3, -0.25) is 4.79 Å². The molecule has 108 valence electrons. The SMILES string of the molecule is O=C(OC1CCCC(O)C(O)C(=O)C1)c1ccccc1. The topological polar surface area (TPSA) is 83.8 Å². The van der Waals surface area contributed by atoms with Gasteiger partial charge in [-0.25, -0.2) is 4.79 Å². The Morgan fingerprint density at radius 1 is 1.15 bits per heavy atom. The van der Waals surface area contributed by atoms with Crippen molar-refractivity contribution in [3.05, 3.63) is 35.9 Å².